The number of nitrogens with zero attached hydrogens (tertiary/aromatic N) is 3. The van der Waals surface area contributed by atoms with E-state index in [0.29, 0.717) is 11.7 Å². The average molecular weight is 387 g/mol. The zero-order valence-corrected chi connectivity index (χ0v) is 16.7. The van der Waals surface area contributed by atoms with Crippen LogP contribution in [0.2, 0.25) is 24.8 Å². The lowest BCUT2D eigenvalue weighted by Crippen LogP contribution is -2.28. The third kappa shape index (κ3) is 5.99. The number of hydrogen-bond donors (Lipinski definition) is 1. The molecule has 9 heteroatoms. The van der Waals surface area contributed by atoms with Crippen LogP contribution >= 0.6 is 23.4 Å². The molecule has 2 rings (SSSR count). The molecular formula is C15H23ClN4O2SSi. The minimum Gasteiger partial charge on any atom is -0.370 e. The van der Waals surface area contributed by atoms with E-state index < -0.39 is 13.4 Å². The number of hydrogen-bond acceptors (Lipinski definition) is 6. The fraction of sp³-hybridized carbons (Fsp3) is 0.533. The number of nitrogens with one attached hydrogen (secondary N) is 1. The molecule has 0 amide bonds. The molecule has 0 saturated carbocycles. The number of thioether (sulfide) groups is 1. The van der Waals surface area contributed by atoms with E-state index in [1.807, 2.05) is 6.07 Å². The first-order valence-corrected chi connectivity index (χ1v) is 12.9. The van der Waals surface area contributed by atoms with Gasteiger partial charge in [0.15, 0.2) is 0 Å². The smallest absolute Gasteiger partial charge is 0.280 e. The van der Waals surface area contributed by atoms with Gasteiger partial charge >= 0.3 is 0 Å². The number of nitro groups is 1. The summed E-state index contributed by atoms with van der Waals surface area (Å²) >= 11 is 7.23. The van der Waals surface area contributed by atoms with E-state index in [0.717, 1.165) is 29.9 Å². The highest BCUT2D eigenvalue weighted by Gasteiger charge is 2.26. The van der Waals surface area contributed by atoms with E-state index in [-0.39, 0.29) is 4.92 Å². The predicted octanol–water partition coefficient (Wildman–Crippen LogP) is 3.20. The third-order valence-electron chi connectivity index (χ3n) is 3.39. The molecule has 24 heavy (non-hydrogen) atoms. The van der Waals surface area contributed by atoms with Gasteiger partial charge in [0.05, 0.1) is 8.07 Å². The Labute approximate surface area is 152 Å². The molecule has 0 aromatic carbocycles. The second kappa shape index (κ2) is 8.22. The van der Waals surface area contributed by atoms with Crippen molar-refractivity contribution >= 4 is 31.4 Å². The summed E-state index contributed by atoms with van der Waals surface area (Å²) in [6, 6.07) is 3.68. The molecule has 1 aromatic heterocycles. The van der Waals surface area contributed by atoms with Crippen LogP contribution in [-0.2, 0) is 6.54 Å². The standard InChI is InChI=1S/C15H23ClN4O2SSi/c1-24(2,3)11-23-15(20(21)22)8-14-17-6-7-19(14)10-12-4-5-13(16)18-9-12/h4-5,8-9,15,17H,6-7,10-11H2,1-3H3. The first-order valence-electron chi connectivity index (χ1n) is 7.81. The molecule has 1 aliphatic rings. The second-order valence-electron chi connectivity index (χ2n) is 6.94. The average Bonchev–Trinajstić information content (AvgIpc) is 2.91. The van der Waals surface area contributed by atoms with Crippen molar-refractivity contribution in [3.8, 4) is 0 Å². The van der Waals surface area contributed by atoms with Crippen molar-refractivity contribution in [2.45, 2.75) is 31.6 Å². The van der Waals surface area contributed by atoms with Gasteiger partial charge in [0.25, 0.3) is 5.37 Å². The molecule has 2 heterocycles. The fourth-order valence-electron chi connectivity index (χ4n) is 2.24. The number of aromatic nitrogens is 1. The maximum absolute atomic E-state index is 11.4. The lowest BCUT2D eigenvalue weighted by atomic mass is 10.2. The Morgan fingerprint density at radius 3 is 2.88 bits per heavy atom. The highest BCUT2D eigenvalue weighted by atomic mass is 35.5. The van der Waals surface area contributed by atoms with E-state index in [9.17, 15) is 10.1 Å². The van der Waals surface area contributed by atoms with Gasteiger partial charge in [-0.3, -0.25) is 10.1 Å². The summed E-state index contributed by atoms with van der Waals surface area (Å²) in [6.07, 6.45) is 3.48. The van der Waals surface area contributed by atoms with Gasteiger partial charge < -0.3 is 10.2 Å². The quantitative estimate of drug-likeness (QED) is 0.255. The van der Waals surface area contributed by atoms with Crippen molar-refractivity contribution in [3.05, 3.63) is 51.1 Å². The van der Waals surface area contributed by atoms with Gasteiger partial charge in [0.2, 0.25) is 0 Å². The SMILES string of the molecule is C[Si](C)(C)CSC(C=C1NCCN1Cc1ccc(Cl)nc1)[N+](=O)[O-]. The Hall–Kier alpha value is -1.25. The Bertz CT molecular complexity index is 606. The molecule has 6 nitrogen and oxygen atoms in total. The number of halogens is 1. The molecule has 1 atom stereocenters. The molecule has 1 aliphatic heterocycles. The molecule has 1 saturated heterocycles. The summed E-state index contributed by atoms with van der Waals surface area (Å²) < 4.78 is 0. The molecule has 1 N–H and O–H groups in total. The first-order chi connectivity index (χ1) is 11.2. The first kappa shape index (κ1) is 19.1. The highest BCUT2D eigenvalue weighted by molar-refractivity contribution is 8.01. The topological polar surface area (TPSA) is 71.3 Å². The molecule has 0 bridgehead atoms. The van der Waals surface area contributed by atoms with Gasteiger partial charge in [0.1, 0.15) is 11.0 Å². The summed E-state index contributed by atoms with van der Waals surface area (Å²) in [5.74, 6) is 0.828. The minimum atomic E-state index is -1.33. The summed E-state index contributed by atoms with van der Waals surface area (Å²) in [5.41, 5.74) is 1.03. The van der Waals surface area contributed by atoms with Gasteiger partial charge in [0, 0.05) is 36.8 Å². The molecule has 0 radical (unpaired) electrons. The maximum Gasteiger partial charge on any atom is 0.280 e. The van der Waals surface area contributed by atoms with Crippen molar-refractivity contribution in [2.75, 3.05) is 18.5 Å². The Balaban J connectivity index is 2.06. The van der Waals surface area contributed by atoms with Crippen LogP contribution in [0.15, 0.2) is 30.2 Å². The largest absolute Gasteiger partial charge is 0.370 e. The normalized spacial score (nSPS) is 17.8. The van der Waals surface area contributed by atoms with Crippen LogP contribution in [0, 0.1) is 10.1 Å². The zero-order chi connectivity index (χ0) is 17.7. The Morgan fingerprint density at radius 2 is 2.29 bits per heavy atom. The molecular weight excluding hydrogens is 364 g/mol. The maximum atomic E-state index is 11.4. The lowest BCUT2D eigenvalue weighted by molar-refractivity contribution is -0.483. The van der Waals surface area contributed by atoms with Crippen molar-refractivity contribution in [2.24, 2.45) is 0 Å². The van der Waals surface area contributed by atoms with Crippen molar-refractivity contribution in [3.63, 3.8) is 0 Å². The van der Waals surface area contributed by atoms with Crippen molar-refractivity contribution in [1.29, 1.82) is 0 Å². The molecule has 1 unspecified atom stereocenters. The summed E-state index contributed by atoms with van der Waals surface area (Å²) in [4.78, 5) is 17.4. The van der Waals surface area contributed by atoms with E-state index in [1.165, 1.54) is 11.8 Å². The van der Waals surface area contributed by atoms with Gasteiger partial charge in [-0.1, -0.05) is 49.1 Å². The third-order valence-corrected chi connectivity index (χ3v) is 8.39. The van der Waals surface area contributed by atoms with Gasteiger partial charge in [-0.2, -0.15) is 0 Å². The fourth-order valence-corrected chi connectivity index (χ4v) is 5.38. The molecule has 132 valence electrons. The summed E-state index contributed by atoms with van der Waals surface area (Å²) in [7, 11) is -1.33. The second-order valence-corrected chi connectivity index (χ2v) is 14.4. The number of rotatable bonds is 7. The summed E-state index contributed by atoms with van der Waals surface area (Å²) in [5, 5.41) is 15.3. The van der Waals surface area contributed by atoms with Crippen LogP contribution in [0.1, 0.15) is 5.56 Å². The van der Waals surface area contributed by atoms with Crippen LogP contribution in [0.4, 0.5) is 0 Å². The van der Waals surface area contributed by atoms with Crippen LogP contribution in [0.3, 0.4) is 0 Å². The highest BCUT2D eigenvalue weighted by Crippen LogP contribution is 2.22. The van der Waals surface area contributed by atoms with Crippen LogP contribution in [0.25, 0.3) is 0 Å². The van der Waals surface area contributed by atoms with E-state index >= 15 is 0 Å². The van der Waals surface area contributed by atoms with E-state index in [4.69, 9.17) is 11.6 Å². The summed E-state index contributed by atoms with van der Waals surface area (Å²) in [6.45, 7) is 8.92. The van der Waals surface area contributed by atoms with Gasteiger partial charge in [-0.25, -0.2) is 4.98 Å². The monoisotopic (exact) mass is 386 g/mol. The van der Waals surface area contributed by atoms with Crippen LogP contribution < -0.4 is 5.32 Å². The number of pyridine rings is 1. The van der Waals surface area contributed by atoms with E-state index in [1.54, 1.807) is 18.3 Å². The molecule has 1 aromatic rings. The van der Waals surface area contributed by atoms with Crippen molar-refractivity contribution in [1.82, 2.24) is 15.2 Å². The van der Waals surface area contributed by atoms with Crippen LogP contribution in [-0.4, -0.2) is 46.7 Å². The van der Waals surface area contributed by atoms with Crippen LogP contribution in [0.5, 0.6) is 0 Å². The predicted molar refractivity (Wildman–Crippen MR) is 102 cm³/mol. The zero-order valence-electron chi connectivity index (χ0n) is 14.2. The minimum absolute atomic E-state index is 0.208. The Kier molecular flexibility index (Phi) is 6.53. The molecule has 0 spiro atoms. The van der Waals surface area contributed by atoms with Crippen molar-refractivity contribution < 1.29 is 4.92 Å². The Morgan fingerprint density at radius 1 is 1.54 bits per heavy atom. The lowest BCUT2D eigenvalue weighted by Gasteiger charge is -2.20. The van der Waals surface area contributed by atoms with E-state index in [2.05, 4.69) is 34.8 Å². The molecule has 1 fully saturated rings. The van der Waals surface area contributed by atoms with Gasteiger partial charge in [-0.15, -0.1) is 0 Å². The molecule has 0 aliphatic carbocycles. The van der Waals surface area contributed by atoms with Gasteiger partial charge in [-0.05, 0) is 17.0 Å².